The summed E-state index contributed by atoms with van der Waals surface area (Å²) in [6, 6.07) is 4.61. The first-order valence-corrected chi connectivity index (χ1v) is 11.1. The number of fused-ring (bicyclic) bond motifs is 1. The van der Waals surface area contributed by atoms with Gasteiger partial charge in [-0.3, -0.25) is 9.89 Å². The zero-order valence-corrected chi connectivity index (χ0v) is 18.5. The van der Waals surface area contributed by atoms with Crippen molar-refractivity contribution < 1.29 is 9.13 Å². The lowest BCUT2D eigenvalue weighted by Gasteiger charge is -2.30. The molecule has 32 heavy (non-hydrogen) atoms. The van der Waals surface area contributed by atoms with Crippen molar-refractivity contribution in [1.29, 1.82) is 0 Å². The summed E-state index contributed by atoms with van der Waals surface area (Å²) in [7, 11) is 0. The molecule has 3 aromatic rings. The minimum atomic E-state index is -0.355. The zero-order valence-electron chi connectivity index (χ0n) is 17.7. The molecule has 0 spiro atoms. The molecule has 1 aromatic carbocycles. The SMILES string of the molecule is Cc1cc(F)ccc1Nc1n[nH]c2c1CCN(c1cnn(C3CCCCO3)c(=O)c1Cl)C2. The molecule has 1 fully saturated rings. The molecule has 10 heteroatoms. The number of rotatable bonds is 4. The summed E-state index contributed by atoms with van der Waals surface area (Å²) in [4.78, 5) is 14.9. The topological polar surface area (TPSA) is 88.1 Å². The Morgan fingerprint density at radius 2 is 2.22 bits per heavy atom. The number of anilines is 3. The van der Waals surface area contributed by atoms with Crippen LogP contribution in [0.1, 0.15) is 42.3 Å². The van der Waals surface area contributed by atoms with Crippen molar-refractivity contribution >= 4 is 28.8 Å². The molecular formula is C22H24ClFN6O2. The van der Waals surface area contributed by atoms with Crippen LogP contribution in [0, 0.1) is 12.7 Å². The van der Waals surface area contributed by atoms with Gasteiger partial charge in [0.2, 0.25) is 0 Å². The third kappa shape index (κ3) is 3.86. The number of aromatic nitrogens is 4. The van der Waals surface area contributed by atoms with Gasteiger partial charge in [-0.1, -0.05) is 11.6 Å². The van der Waals surface area contributed by atoms with Gasteiger partial charge in [0, 0.05) is 24.4 Å². The van der Waals surface area contributed by atoms with Gasteiger partial charge in [0.05, 0.1) is 24.1 Å². The van der Waals surface area contributed by atoms with Crippen molar-refractivity contribution in [3.63, 3.8) is 0 Å². The molecule has 0 saturated carbocycles. The molecule has 8 nitrogen and oxygen atoms in total. The fraction of sp³-hybridized carbons (Fsp3) is 0.409. The van der Waals surface area contributed by atoms with Gasteiger partial charge < -0.3 is 15.0 Å². The molecule has 1 atom stereocenters. The molecule has 2 aliphatic heterocycles. The van der Waals surface area contributed by atoms with Gasteiger partial charge in [-0.25, -0.2) is 4.39 Å². The van der Waals surface area contributed by atoms with Crippen molar-refractivity contribution in [2.24, 2.45) is 0 Å². The second-order valence-electron chi connectivity index (χ2n) is 8.20. The Kier molecular flexibility index (Phi) is 5.60. The summed E-state index contributed by atoms with van der Waals surface area (Å²) in [5.74, 6) is 0.457. The molecule has 2 aliphatic rings. The Morgan fingerprint density at radius 3 is 3.00 bits per heavy atom. The smallest absolute Gasteiger partial charge is 0.290 e. The molecule has 0 amide bonds. The van der Waals surface area contributed by atoms with E-state index in [1.807, 2.05) is 11.8 Å². The first kappa shape index (κ1) is 21.0. The van der Waals surface area contributed by atoms with Crippen LogP contribution in [0.4, 0.5) is 21.6 Å². The van der Waals surface area contributed by atoms with Crippen molar-refractivity contribution in [1.82, 2.24) is 20.0 Å². The summed E-state index contributed by atoms with van der Waals surface area (Å²) < 4.78 is 20.4. The lowest BCUT2D eigenvalue weighted by Crippen LogP contribution is -2.35. The van der Waals surface area contributed by atoms with Gasteiger partial charge in [0.15, 0.2) is 12.0 Å². The van der Waals surface area contributed by atoms with E-state index in [1.54, 1.807) is 12.3 Å². The summed E-state index contributed by atoms with van der Waals surface area (Å²) >= 11 is 6.48. The molecule has 2 N–H and O–H groups in total. The van der Waals surface area contributed by atoms with Crippen LogP contribution in [0.25, 0.3) is 0 Å². The first-order chi connectivity index (χ1) is 15.5. The van der Waals surface area contributed by atoms with Crippen molar-refractivity contribution in [2.75, 3.05) is 23.4 Å². The monoisotopic (exact) mass is 458 g/mol. The average Bonchev–Trinajstić information content (AvgIpc) is 3.20. The lowest BCUT2D eigenvalue weighted by atomic mass is 10.1. The van der Waals surface area contributed by atoms with Crippen LogP contribution in [0.2, 0.25) is 5.02 Å². The van der Waals surface area contributed by atoms with Gasteiger partial charge in [-0.15, -0.1) is 0 Å². The summed E-state index contributed by atoms with van der Waals surface area (Å²) in [6.45, 7) is 3.66. The highest BCUT2D eigenvalue weighted by molar-refractivity contribution is 6.33. The van der Waals surface area contributed by atoms with E-state index in [2.05, 4.69) is 20.6 Å². The van der Waals surface area contributed by atoms with Gasteiger partial charge >= 0.3 is 0 Å². The Labute approximate surface area is 189 Å². The molecule has 0 bridgehead atoms. The van der Waals surface area contributed by atoms with E-state index in [0.717, 1.165) is 47.6 Å². The highest BCUT2D eigenvalue weighted by Gasteiger charge is 2.26. The van der Waals surface area contributed by atoms with E-state index in [0.29, 0.717) is 31.8 Å². The van der Waals surface area contributed by atoms with E-state index in [-0.39, 0.29) is 22.6 Å². The maximum Gasteiger partial charge on any atom is 0.290 e. The molecule has 168 valence electrons. The van der Waals surface area contributed by atoms with Gasteiger partial charge in [0.25, 0.3) is 5.56 Å². The number of nitrogens with one attached hydrogen (secondary N) is 2. The summed E-state index contributed by atoms with van der Waals surface area (Å²) in [5, 5.41) is 15.3. The first-order valence-electron chi connectivity index (χ1n) is 10.7. The quantitative estimate of drug-likeness (QED) is 0.612. The molecule has 4 heterocycles. The maximum absolute atomic E-state index is 13.4. The average molecular weight is 459 g/mol. The van der Waals surface area contributed by atoms with Crippen LogP contribution in [0.5, 0.6) is 0 Å². The number of benzene rings is 1. The van der Waals surface area contributed by atoms with E-state index >= 15 is 0 Å². The Hall–Kier alpha value is -2.91. The Bertz CT molecular complexity index is 1200. The normalized spacial score (nSPS) is 18.5. The molecule has 5 rings (SSSR count). The maximum atomic E-state index is 13.4. The fourth-order valence-corrected chi connectivity index (χ4v) is 4.56. The van der Waals surface area contributed by atoms with Crippen molar-refractivity contribution in [3.8, 4) is 0 Å². The summed E-state index contributed by atoms with van der Waals surface area (Å²) in [6.07, 6.45) is 4.75. The minimum Gasteiger partial charge on any atom is -0.363 e. The van der Waals surface area contributed by atoms with Crippen molar-refractivity contribution in [2.45, 2.75) is 45.4 Å². The standard InChI is InChI=1S/C22H24ClFN6O2/c1-13-10-14(24)5-6-16(13)26-21-15-7-8-29(12-17(15)27-28-21)18-11-25-30(22(31)20(18)23)19-4-2-3-9-32-19/h5-6,10-11,19H,2-4,7-9,12H2,1H3,(H2,26,27,28). The van der Waals surface area contributed by atoms with E-state index < -0.39 is 0 Å². The van der Waals surface area contributed by atoms with E-state index in [4.69, 9.17) is 16.3 Å². The molecule has 1 saturated heterocycles. The second-order valence-corrected chi connectivity index (χ2v) is 8.58. The molecule has 0 radical (unpaired) electrons. The lowest BCUT2D eigenvalue weighted by molar-refractivity contribution is -0.0424. The minimum absolute atomic E-state index is 0.150. The highest BCUT2D eigenvalue weighted by Crippen LogP contribution is 2.32. The van der Waals surface area contributed by atoms with Crippen LogP contribution in [-0.2, 0) is 17.7 Å². The molecule has 1 unspecified atom stereocenters. The predicted octanol–water partition coefficient (Wildman–Crippen LogP) is 4.07. The van der Waals surface area contributed by atoms with E-state index in [9.17, 15) is 9.18 Å². The predicted molar refractivity (Wildman–Crippen MR) is 120 cm³/mol. The number of nitrogens with zero attached hydrogens (tertiary/aromatic N) is 4. The van der Waals surface area contributed by atoms with Crippen LogP contribution in [0.3, 0.4) is 0 Å². The van der Waals surface area contributed by atoms with Crippen LogP contribution in [0.15, 0.2) is 29.2 Å². The number of ether oxygens (including phenoxy) is 1. The Balaban J connectivity index is 1.36. The number of hydrogen-bond acceptors (Lipinski definition) is 6. The number of hydrogen-bond donors (Lipinski definition) is 2. The number of halogens is 2. The van der Waals surface area contributed by atoms with Gasteiger partial charge in [-0.05, 0) is 56.4 Å². The van der Waals surface area contributed by atoms with E-state index in [1.165, 1.54) is 16.8 Å². The molecular weight excluding hydrogens is 435 g/mol. The van der Waals surface area contributed by atoms with Crippen LogP contribution < -0.4 is 15.8 Å². The van der Waals surface area contributed by atoms with Gasteiger partial charge in [-0.2, -0.15) is 14.9 Å². The number of H-pyrrole nitrogens is 1. The largest absolute Gasteiger partial charge is 0.363 e. The second kappa shape index (κ2) is 8.55. The highest BCUT2D eigenvalue weighted by atomic mass is 35.5. The van der Waals surface area contributed by atoms with Crippen LogP contribution in [-0.4, -0.2) is 33.1 Å². The third-order valence-electron chi connectivity index (χ3n) is 6.07. The Morgan fingerprint density at radius 1 is 1.34 bits per heavy atom. The van der Waals surface area contributed by atoms with Crippen LogP contribution >= 0.6 is 11.6 Å². The molecule has 0 aliphatic carbocycles. The van der Waals surface area contributed by atoms with Gasteiger partial charge in [0.1, 0.15) is 10.8 Å². The third-order valence-corrected chi connectivity index (χ3v) is 6.42. The zero-order chi connectivity index (χ0) is 22.2. The van der Waals surface area contributed by atoms with Crippen molar-refractivity contribution in [3.05, 3.63) is 62.4 Å². The molecule has 2 aromatic heterocycles. The number of aryl methyl sites for hydroxylation is 1. The summed E-state index contributed by atoms with van der Waals surface area (Å²) in [5.41, 5.74) is 3.89. The number of aromatic amines is 1. The fourth-order valence-electron chi connectivity index (χ4n) is 4.30.